The number of anilines is 2. The second-order valence-electron chi connectivity index (χ2n) is 3.84. The van der Waals surface area contributed by atoms with Crippen LogP contribution in [0.2, 0.25) is 0 Å². The maximum absolute atomic E-state index is 13.5. The van der Waals surface area contributed by atoms with Crippen LogP contribution in [0.1, 0.15) is 0 Å². The van der Waals surface area contributed by atoms with Crippen LogP contribution in [0.5, 0.6) is 0 Å². The fourth-order valence-electron chi connectivity index (χ4n) is 1.83. The van der Waals surface area contributed by atoms with Crippen molar-refractivity contribution in [2.24, 2.45) is 0 Å². The van der Waals surface area contributed by atoms with E-state index in [2.05, 4.69) is 0 Å². The highest BCUT2D eigenvalue weighted by molar-refractivity contribution is 5.69. The molecule has 1 aromatic rings. The maximum atomic E-state index is 13.5. The summed E-state index contributed by atoms with van der Waals surface area (Å²) in [7, 11) is 0. The lowest BCUT2D eigenvalue weighted by Crippen LogP contribution is -2.23. The Balaban J connectivity index is 2.38. The van der Waals surface area contributed by atoms with Crippen molar-refractivity contribution in [2.75, 3.05) is 23.7 Å². The van der Waals surface area contributed by atoms with Gasteiger partial charge in [-0.15, -0.1) is 0 Å². The molecule has 2 atom stereocenters. The van der Waals surface area contributed by atoms with Crippen molar-refractivity contribution < 1.29 is 19.0 Å². The summed E-state index contributed by atoms with van der Waals surface area (Å²) in [6.45, 7) is 0.0669. The van der Waals surface area contributed by atoms with Crippen LogP contribution >= 0.6 is 0 Å². The van der Waals surface area contributed by atoms with E-state index in [0.29, 0.717) is 0 Å². The van der Waals surface area contributed by atoms with E-state index >= 15 is 0 Å². The van der Waals surface area contributed by atoms with E-state index in [4.69, 9.17) is 5.73 Å². The smallest absolute Gasteiger partial charge is 0.184 e. The first-order valence-corrected chi connectivity index (χ1v) is 4.85. The number of benzene rings is 1. The summed E-state index contributed by atoms with van der Waals surface area (Å²) < 4.78 is 26.5. The monoisotopic (exact) mass is 230 g/mol. The summed E-state index contributed by atoms with van der Waals surface area (Å²) in [5, 5.41) is 18.7. The van der Waals surface area contributed by atoms with Crippen molar-refractivity contribution in [1.29, 1.82) is 0 Å². The number of hydrogen-bond donors (Lipinski definition) is 3. The zero-order valence-corrected chi connectivity index (χ0v) is 8.40. The van der Waals surface area contributed by atoms with Crippen molar-refractivity contribution in [3.63, 3.8) is 0 Å². The van der Waals surface area contributed by atoms with Gasteiger partial charge in [-0.2, -0.15) is 0 Å². The Morgan fingerprint density at radius 3 is 2.31 bits per heavy atom. The van der Waals surface area contributed by atoms with E-state index in [9.17, 15) is 19.0 Å². The number of nitrogen functional groups attached to an aromatic ring is 1. The molecule has 1 heterocycles. The number of halogens is 2. The molecule has 0 radical (unpaired) electrons. The van der Waals surface area contributed by atoms with Gasteiger partial charge < -0.3 is 20.8 Å². The van der Waals surface area contributed by atoms with Crippen molar-refractivity contribution >= 4 is 11.4 Å². The van der Waals surface area contributed by atoms with Crippen molar-refractivity contribution in [3.8, 4) is 0 Å². The van der Waals surface area contributed by atoms with Gasteiger partial charge in [0.05, 0.1) is 23.6 Å². The average molecular weight is 230 g/mol. The third-order valence-electron chi connectivity index (χ3n) is 2.68. The molecular formula is C10H12F2N2O2. The van der Waals surface area contributed by atoms with Gasteiger partial charge in [-0.25, -0.2) is 8.78 Å². The van der Waals surface area contributed by atoms with E-state index in [1.807, 2.05) is 0 Å². The summed E-state index contributed by atoms with van der Waals surface area (Å²) in [4.78, 5) is 1.34. The first-order chi connectivity index (χ1) is 7.50. The minimum atomic E-state index is -1.05. The van der Waals surface area contributed by atoms with Gasteiger partial charge in [0, 0.05) is 13.1 Å². The Hall–Kier alpha value is -1.40. The summed E-state index contributed by atoms with van der Waals surface area (Å²) in [6.07, 6.45) is -1.94. The van der Waals surface area contributed by atoms with Gasteiger partial charge in [0.15, 0.2) is 11.6 Å². The Bertz CT molecular complexity index is 404. The number of β-amino-alcohol motifs (C(OH)–C–C–N with tert-alkyl or cyclic N) is 2. The van der Waals surface area contributed by atoms with Crippen LogP contribution in [0, 0.1) is 11.6 Å². The molecule has 1 saturated heterocycles. The highest BCUT2D eigenvalue weighted by Gasteiger charge is 2.32. The van der Waals surface area contributed by atoms with Crippen molar-refractivity contribution in [3.05, 3.63) is 23.8 Å². The summed E-state index contributed by atoms with van der Waals surface area (Å²) in [5.41, 5.74) is 5.53. The fraction of sp³-hybridized carbons (Fsp3) is 0.400. The first-order valence-electron chi connectivity index (χ1n) is 4.85. The molecule has 6 heteroatoms. The van der Waals surface area contributed by atoms with Crippen molar-refractivity contribution in [2.45, 2.75) is 12.2 Å². The molecule has 0 amide bonds. The van der Waals surface area contributed by atoms with Gasteiger partial charge in [-0.1, -0.05) is 0 Å². The summed E-state index contributed by atoms with van der Waals surface area (Å²) >= 11 is 0. The van der Waals surface area contributed by atoms with Gasteiger partial charge in [-0.3, -0.25) is 0 Å². The molecule has 0 aliphatic carbocycles. The molecular weight excluding hydrogens is 218 g/mol. The number of aliphatic hydroxyl groups is 2. The Kier molecular flexibility index (Phi) is 2.69. The molecule has 88 valence electrons. The van der Waals surface area contributed by atoms with Gasteiger partial charge >= 0.3 is 0 Å². The molecule has 0 aromatic heterocycles. The van der Waals surface area contributed by atoms with Crippen LogP contribution in [0.4, 0.5) is 20.2 Å². The third kappa shape index (κ3) is 1.70. The molecule has 0 saturated carbocycles. The zero-order valence-electron chi connectivity index (χ0n) is 8.40. The van der Waals surface area contributed by atoms with Crippen molar-refractivity contribution in [1.82, 2.24) is 0 Å². The summed E-state index contributed by atoms with van der Waals surface area (Å²) in [6, 6.07) is 2.20. The molecule has 1 aromatic carbocycles. The van der Waals surface area contributed by atoms with E-state index in [1.165, 1.54) is 11.0 Å². The molecule has 0 bridgehead atoms. The predicted octanol–water partition coefficient (Wildman–Crippen LogP) is 0.0888. The van der Waals surface area contributed by atoms with Crippen LogP contribution in [0.25, 0.3) is 0 Å². The van der Waals surface area contributed by atoms with Crippen LogP contribution < -0.4 is 10.6 Å². The number of aliphatic hydroxyl groups excluding tert-OH is 2. The minimum absolute atomic E-state index is 0.0335. The van der Waals surface area contributed by atoms with E-state index < -0.39 is 23.8 Å². The normalized spacial score (nSPS) is 25.1. The number of nitrogens with zero attached hydrogens (tertiary/aromatic N) is 1. The topological polar surface area (TPSA) is 69.7 Å². The van der Waals surface area contributed by atoms with Gasteiger partial charge in [0.2, 0.25) is 0 Å². The Morgan fingerprint density at radius 1 is 1.19 bits per heavy atom. The Labute approximate surface area is 90.9 Å². The Morgan fingerprint density at radius 2 is 1.75 bits per heavy atom. The third-order valence-corrected chi connectivity index (χ3v) is 2.68. The minimum Gasteiger partial charge on any atom is -0.397 e. The lowest BCUT2D eigenvalue weighted by atomic mass is 10.2. The molecule has 4 N–H and O–H groups in total. The molecule has 0 spiro atoms. The van der Waals surface area contributed by atoms with Gasteiger partial charge in [-0.05, 0) is 12.1 Å². The lowest BCUT2D eigenvalue weighted by Gasteiger charge is -2.20. The molecule has 2 rings (SSSR count). The zero-order chi connectivity index (χ0) is 11.9. The highest BCUT2D eigenvalue weighted by atomic mass is 19.2. The fourth-order valence-corrected chi connectivity index (χ4v) is 1.83. The highest BCUT2D eigenvalue weighted by Crippen LogP contribution is 2.31. The quantitative estimate of drug-likeness (QED) is 0.598. The SMILES string of the molecule is Nc1ccc(F)c(F)c1N1CC(O)C(O)C1. The summed E-state index contributed by atoms with van der Waals surface area (Å²) in [5.74, 6) is -2.05. The number of nitrogens with two attached hydrogens (primary N) is 1. The second kappa shape index (κ2) is 3.88. The molecule has 1 fully saturated rings. The molecule has 4 nitrogen and oxygen atoms in total. The lowest BCUT2D eigenvalue weighted by molar-refractivity contribution is 0.0572. The van der Waals surface area contributed by atoms with Crippen LogP contribution in [-0.2, 0) is 0 Å². The van der Waals surface area contributed by atoms with Crippen LogP contribution in [0.3, 0.4) is 0 Å². The van der Waals surface area contributed by atoms with E-state index in [0.717, 1.165) is 6.07 Å². The maximum Gasteiger partial charge on any atom is 0.184 e. The van der Waals surface area contributed by atoms with Crippen LogP contribution in [0.15, 0.2) is 12.1 Å². The second-order valence-corrected chi connectivity index (χ2v) is 3.84. The van der Waals surface area contributed by atoms with E-state index in [1.54, 1.807) is 0 Å². The molecule has 2 unspecified atom stereocenters. The standard InChI is InChI=1S/C10H12F2N2O2/c11-5-1-2-6(13)10(9(5)12)14-3-7(15)8(16)4-14/h1-2,7-8,15-16H,3-4,13H2. The average Bonchev–Trinajstić information content (AvgIpc) is 2.54. The number of hydrogen-bond acceptors (Lipinski definition) is 4. The molecule has 1 aliphatic rings. The van der Waals surface area contributed by atoms with Gasteiger partial charge in [0.25, 0.3) is 0 Å². The van der Waals surface area contributed by atoms with Gasteiger partial charge in [0.1, 0.15) is 0 Å². The molecule has 1 aliphatic heterocycles. The van der Waals surface area contributed by atoms with E-state index in [-0.39, 0.29) is 24.5 Å². The first kappa shape index (κ1) is 11.1. The largest absolute Gasteiger partial charge is 0.397 e. The number of rotatable bonds is 1. The predicted molar refractivity (Wildman–Crippen MR) is 55.0 cm³/mol. The molecule has 16 heavy (non-hydrogen) atoms. The van der Waals surface area contributed by atoms with Crippen LogP contribution in [-0.4, -0.2) is 35.5 Å².